The zero-order valence-electron chi connectivity index (χ0n) is 13.7. The summed E-state index contributed by atoms with van der Waals surface area (Å²) in [4.78, 5) is 14.2. The molecule has 1 amide bonds. The van der Waals surface area contributed by atoms with Gasteiger partial charge in [-0.2, -0.15) is 0 Å². The zero-order valence-corrected chi connectivity index (χ0v) is 14.7. The van der Waals surface area contributed by atoms with E-state index in [4.69, 9.17) is 4.74 Å². The number of amides is 1. The van der Waals surface area contributed by atoms with Crippen molar-refractivity contribution in [3.63, 3.8) is 0 Å². The molecule has 1 aromatic carbocycles. The third-order valence-electron chi connectivity index (χ3n) is 3.22. The van der Waals surface area contributed by atoms with Gasteiger partial charge in [-0.15, -0.1) is 0 Å². The van der Waals surface area contributed by atoms with Gasteiger partial charge in [-0.3, -0.25) is 0 Å². The molecule has 0 aliphatic rings. The van der Waals surface area contributed by atoms with Crippen molar-refractivity contribution in [3.05, 3.63) is 24.3 Å². The van der Waals surface area contributed by atoms with Crippen LogP contribution in [0, 0.1) is 0 Å². The van der Waals surface area contributed by atoms with Gasteiger partial charge < -0.3 is 9.64 Å². The summed E-state index contributed by atoms with van der Waals surface area (Å²) in [5.41, 5.74) is 0. The van der Waals surface area contributed by atoms with E-state index < -0.39 is 8.07 Å². The first-order valence-corrected chi connectivity index (χ1v) is 10.7. The molecule has 1 aromatic rings. The van der Waals surface area contributed by atoms with Gasteiger partial charge in [0.2, 0.25) is 0 Å². The molecule has 0 spiro atoms. The molecule has 0 atom stereocenters. The molecule has 0 heterocycles. The molecule has 1 rings (SSSR count). The monoisotopic (exact) mass is 293 g/mol. The number of nitrogens with zero attached hydrogens (tertiary/aromatic N) is 1. The van der Waals surface area contributed by atoms with Gasteiger partial charge in [0.1, 0.15) is 5.75 Å². The van der Waals surface area contributed by atoms with E-state index in [1.165, 1.54) is 5.19 Å². The minimum atomic E-state index is -1.53. The number of carbonyl (C=O) groups excluding carboxylic acids is 1. The van der Waals surface area contributed by atoms with E-state index in [9.17, 15) is 4.79 Å². The summed E-state index contributed by atoms with van der Waals surface area (Å²) in [5.74, 6) is 0.711. The van der Waals surface area contributed by atoms with Gasteiger partial charge >= 0.3 is 6.09 Å². The van der Waals surface area contributed by atoms with Crippen LogP contribution in [0.1, 0.15) is 27.7 Å². The lowest BCUT2D eigenvalue weighted by molar-refractivity contribution is 0.123. The standard InChI is InChI=1S/C16H27NO2Si/c1-12(2)17(13(3)4)16(18)19-14-10-8-9-11-15(14)20(5,6)7/h8-13H,1-7H3. The summed E-state index contributed by atoms with van der Waals surface area (Å²) in [6, 6.07) is 8.14. The maximum atomic E-state index is 12.4. The number of para-hydroxylation sites is 1. The van der Waals surface area contributed by atoms with Crippen molar-refractivity contribution in [2.24, 2.45) is 0 Å². The molecule has 0 saturated carbocycles. The van der Waals surface area contributed by atoms with E-state index >= 15 is 0 Å². The molecule has 0 aliphatic carbocycles. The fourth-order valence-corrected chi connectivity index (χ4v) is 3.81. The Morgan fingerprint density at radius 1 is 1.05 bits per heavy atom. The quantitative estimate of drug-likeness (QED) is 0.789. The second kappa shape index (κ2) is 6.44. The molecule has 0 N–H and O–H groups in total. The largest absolute Gasteiger partial charge is 0.415 e. The minimum Gasteiger partial charge on any atom is -0.410 e. The summed E-state index contributed by atoms with van der Waals surface area (Å²) in [6.45, 7) is 14.8. The van der Waals surface area contributed by atoms with Gasteiger partial charge in [0.25, 0.3) is 0 Å². The highest BCUT2D eigenvalue weighted by Gasteiger charge is 2.26. The smallest absolute Gasteiger partial charge is 0.410 e. The van der Waals surface area contributed by atoms with Crippen LogP contribution in [0.25, 0.3) is 0 Å². The Hall–Kier alpha value is -1.29. The van der Waals surface area contributed by atoms with Crippen LogP contribution in [0.3, 0.4) is 0 Å². The SMILES string of the molecule is CC(C)N(C(=O)Oc1ccccc1[Si](C)(C)C)C(C)C. The molecular weight excluding hydrogens is 266 g/mol. The number of ether oxygens (including phenoxy) is 1. The van der Waals surface area contributed by atoms with E-state index in [0.717, 1.165) is 0 Å². The van der Waals surface area contributed by atoms with Gasteiger partial charge in [-0.05, 0) is 38.9 Å². The lowest BCUT2D eigenvalue weighted by atomic mass is 10.2. The Morgan fingerprint density at radius 2 is 1.55 bits per heavy atom. The Balaban J connectivity index is 3.02. The fourth-order valence-electron chi connectivity index (χ4n) is 2.34. The average Bonchev–Trinajstić information content (AvgIpc) is 2.26. The third kappa shape index (κ3) is 4.10. The van der Waals surface area contributed by atoms with Gasteiger partial charge in [-0.1, -0.05) is 37.8 Å². The van der Waals surface area contributed by atoms with E-state index in [1.54, 1.807) is 4.90 Å². The molecule has 112 valence electrons. The molecular formula is C16H27NO2Si. The molecule has 4 heteroatoms. The maximum Gasteiger partial charge on any atom is 0.415 e. The molecule has 0 bridgehead atoms. The predicted octanol–water partition coefficient (Wildman–Crippen LogP) is 3.85. The van der Waals surface area contributed by atoms with Gasteiger partial charge in [0.15, 0.2) is 0 Å². The van der Waals surface area contributed by atoms with Gasteiger partial charge in [0.05, 0.1) is 8.07 Å². The van der Waals surface area contributed by atoms with Crippen molar-refractivity contribution in [2.45, 2.75) is 59.4 Å². The average molecular weight is 293 g/mol. The van der Waals surface area contributed by atoms with E-state index in [0.29, 0.717) is 5.75 Å². The molecule has 0 unspecified atom stereocenters. The highest BCUT2D eigenvalue weighted by atomic mass is 28.3. The summed E-state index contributed by atoms with van der Waals surface area (Å²) >= 11 is 0. The second-order valence-corrected chi connectivity index (χ2v) is 11.7. The Kier molecular flexibility index (Phi) is 5.40. The number of hydrogen-bond donors (Lipinski definition) is 0. The first-order chi connectivity index (χ1) is 9.14. The first-order valence-electron chi connectivity index (χ1n) is 7.24. The van der Waals surface area contributed by atoms with Crippen molar-refractivity contribution in [3.8, 4) is 5.75 Å². The lowest BCUT2D eigenvalue weighted by Gasteiger charge is -2.30. The highest BCUT2D eigenvalue weighted by molar-refractivity contribution is 6.89. The number of hydrogen-bond acceptors (Lipinski definition) is 2. The zero-order chi connectivity index (χ0) is 15.5. The normalized spacial score (nSPS) is 11.8. The maximum absolute atomic E-state index is 12.4. The molecule has 0 aromatic heterocycles. The van der Waals surface area contributed by atoms with Crippen LogP contribution in [0.5, 0.6) is 5.75 Å². The van der Waals surface area contributed by atoms with Crippen LogP contribution in [-0.2, 0) is 0 Å². The number of benzene rings is 1. The van der Waals surface area contributed by atoms with Crippen molar-refractivity contribution < 1.29 is 9.53 Å². The van der Waals surface area contributed by atoms with Crippen molar-refractivity contribution in [1.29, 1.82) is 0 Å². The molecule has 3 nitrogen and oxygen atoms in total. The molecule has 0 aliphatic heterocycles. The topological polar surface area (TPSA) is 29.5 Å². The highest BCUT2D eigenvalue weighted by Crippen LogP contribution is 2.16. The van der Waals surface area contributed by atoms with Crippen LogP contribution in [-0.4, -0.2) is 31.2 Å². The summed E-state index contributed by atoms with van der Waals surface area (Å²) in [6.07, 6.45) is -0.263. The molecule has 0 saturated heterocycles. The van der Waals surface area contributed by atoms with Crippen molar-refractivity contribution in [2.75, 3.05) is 0 Å². The van der Waals surface area contributed by atoms with Crippen LogP contribution < -0.4 is 9.92 Å². The van der Waals surface area contributed by atoms with Gasteiger partial charge in [0, 0.05) is 12.1 Å². The summed E-state index contributed by atoms with van der Waals surface area (Å²) < 4.78 is 5.68. The van der Waals surface area contributed by atoms with Crippen LogP contribution in [0.4, 0.5) is 4.79 Å². The summed E-state index contributed by atoms with van der Waals surface area (Å²) in [5, 5.41) is 1.18. The van der Waals surface area contributed by atoms with E-state index in [2.05, 4.69) is 25.7 Å². The first kappa shape index (κ1) is 16.8. The lowest BCUT2D eigenvalue weighted by Crippen LogP contribution is -2.45. The van der Waals surface area contributed by atoms with Gasteiger partial charge in [-0.25, -0.2) is 4.79 Å². The third-order valence-corrected chi connectivity index (χ3v) is 5.24. The Labute approximate surface area is 123 Å². The van der Waals surface area contributed by atoms with Crippen molar-refractivity contribution in [1.82, 2.24) is 4.90 Å². The molecule has 20 heavy (non-hydrogen) atoms. The minimum absolute atomic E-state index is 0.126. The Morgan fingerprint density at radius 3 is 2.00 bits per heavy atom. The van der Waals surface area contributed by atoms with E-state index in [1.807, 2.05) is 45.9 Å². The fraction of sp³-hybridized carbons (Fsp3) is 0.562. The Bertz CT molecular complexity index is 456. The summed E-state index contributed by atoms with van der Waals surface area (Å²) in [7, 11) is -1.53. The number of carbonyl (C=O) groups is 1. The van der Waals surface area contributed by atoms with Crippen LogP contribution in [0.2, 0.25) is 19.6 Å². The number of rotatable bonds is 4. The molecule has 0 fully saturated rings. The predicted molar refractivity (Wildman–Crippen MR) is 87.6 cm³/mol. The second-order valence-electron chi connectivity index (χ2n) is 6.71. The van der Waals surface area contributed by atoms with Crippen molar-refractivity contribution >= 4 is 19.4 Å². The van der Waals surface area contributed by atoms with Crippen LogP contribution in [0.15, 0.2) is 24.3 Å². The van der Waals surface area contributed by atoms with E-state index in [-0.39, 0.29) is 18.2 Å². The molecule has 0 radical (unpaired) electrons. The van der Waals surface area contributed by atoms with Crippen LogP contribution >= 0.6 is 0 Å².